The van der Waals surface area contributed by atoms with E-state index in [4.69, 9.17) is 5.26 Å². The van der Waals surface area contributed by atoms with Crippen molar-refractivity contribution in [2.24, 2.45) is 0 Å². The molecule has 0 radical (unpaired) electrons. The van der Waals surface area contributed by atoms with Gasteiger partial charge >= 0.3 is 0 Å². The topological polar surface area (TPSA) is 66.9 Å². The van der Waals surface area contributed by atoms with Crippen LogP contribution in [0.1, 0.15) is 6.92 Å². The van der Waals surface area contributed by atoms with Gasteiger partial charge in [-0.25, -0.2) is 0 Å². The third kappa shape index (κ3) is 2.75. The van der Waals surface area contributed by atoms with Gasteiger partial charge in [0.15, 0.2) is 0 Å². The lowest BCUT2D eigenvalue weighted by atomic mass is 10.3. The summed E-state index contributed by atoms with van der Waals surface area (Å²) in [4.78, 5) is 10.7. The molecular formula is C9H8N2O2S. The molecule has 0 spiro atoms. The first-order valence-corrected chi connectivity index (χ1v) is 4.82. The maximum atomic E-state index is 10.4. The van der Waals surface area contributed by atoms with E-state index < -0.39 is 4.92 Å². The Morgan fingerprint density at radius 2 is 2.36 bits per heavy atom. The van der Waals surface area contributed by atoms with E-state index in [0.717, 1.165) is 4.90 Å². The SMILES string of the molecule is CC(C#N)Sc1cccc([N+](=O)[O-])c1. The average molecular weight is 208 g/mol. The predicted octanol–water partition coefficient (Wildman–Crippen LogP) is 2.60. The molecule has 0 heterocycles. The molecule has 1 aromatic carbocycles. The quantitative estimate of drug-likeness (QED) is 0.435. The fraction of sp³-hybridized carbons (Fsp3) is 0.222. The number of benzene rings is 1. The molecule has 72 valence electrons. The Morgan fingerprint density at radius 1 is 1.64 bits per heavy atom. The second-order valence-corrected chi connectivity index (χ2v) is 4.06. The zero-order chi connectivity index (χ0) is 10.6. The van der Waals surface area contributed by atoms with Crippen molar-refractivity contribution in [3.63, 3.8) is 0 Å². The van der Waals surface area contributed by atoms with E-state index in [1.54, 1.807) is 19.1 Å². The van der Waals surface area contributed by atoms with Crippen LogP contribution in [0, 0.1) is 21.4 Å². The van der Waals surface area contributed by atoms with Crippen molar-refractivity contribution < 1.29 is 4.92 Å². The minimum Gasteiger partial charge on any atom is -0.258 e. The summed E-state index contributed by atoms with van der Waals surface area (Å²) in [6.07, 6.45) is 0. The van der Waals surface area contributed by atoms with E-state index in [2.05, 4.69) is 6.07 Å². The molecule has 14 heavy (non-hydrogen) atoms. The molecule has 0 aliphatic heterocycles. The fourth-order valence-corrected chi connectivity index (χ4v) is 1.71. The van der Waals surface area contributed by atoms with Crippen molar-refractivity contribution in [3.05, 3.63) is 34.4 Å². The zero-order valence-corrected chi connectivity index (χ0v) is 8.32. The fourth-order valence-electron chi connectivity index (χ4n) is 0.901. The van der Waals surface area contributed by atoms with Crippen LogP contribution in [0.15, 0.2) is 29.2 Å². The molecule has 0 fully saturated rings. The molecule has 0 aliphatic rings. The van der Waals surface area contributed by atoms with Crippen LogP contribution in [0.2, 0.25) is 0 Å². The Morgan fingerprint density at radius 3 is 2.93 bits per heavy atom. The van der Waals surface area contributed by atoms with Gasteiger partial charge in [-0.2, -0.15) is 5.26 Å². The lowest BCUT2D eigenvalue weighted by molar-refractivity contribution is -0.385. The van der Waals surface area contributed by atoms with Gasteiger partial charge in [0.2, 0.25) is 0 Å². The van der Waals surface area contributed by atoms with Crippen LogP contribution >= 0.6 is 11.8 Å². The Hall–Kier alpha value is -1.54. The number of hydrogen-bond donors (Lipinski definition) is 0. The van der Waals surface area contributed by atoms with Crippen molar-refractivity contribution in [2.75, 3.05) is 0 Å². The summed E-state index contributed by atoms with van der Waals surface area (Å²) >= 11 is 1.31. The van der Waals surface area contributed by atoms with Crippen molar-refractivity contribution >= 4 is 17.4 Å². The lowest BCUT2D eigenvalue weighted by Crippen LogP contribution is -1.91. The molecule has 0 aromatic heterocycles. The van der Waals surface area contributed by atoms with Gasteiger partial charge in [0, 0.05) is 17.0 Å². The van der Waals surface area contributed by atoms with Crippen molar-refractivity contribution in [2.45, 2.75) is 17.1 Å². The zero-order valence-electron chi connectivity index (χ0n) is 7.51. The first-order chi connectivity index (χ1) is 6.63. The minimum atomic E-state index is -0.443. The molecule has 0 saturated heterocycles. The van der Waals surface area contributed by atoms with Gasteiger partial charge in [-0.1, -0.05) is 6.07 Å². The van der Waals surface area contributed by atoms with Gasteiger partial charge in [-0.05, 0) is 13.0 Å². The predicted molar refractivity (Wildman–Crippen MR) is 54.0 cm³/mol. The van der Waals surface area contributed by atoms with Crippen LogP contribution < -0.4 is 0 Å². The lowest BCUT2D eigenvalue weighted by Gasteiger charge is -2.01. The molecule has 0 aliphatic carbocycles. The van der Waals surface area contributed by atoms with E-state index in [-0.39, 0.29) is 10.9 Å². The number of nitro groups is 1. The monoisotopic (exact) mass is 208 g/mol. The average Bonchev–Trinajstić information content (AvgIpc) is 2.18. The van der Waals surface area contributed by atoms with Gasteiger partial charge in [0.25, 0.3) is 5.69 Å². The Balaban J connectivity index is 2.85. The number of non-ortho nitro benzene ring substituents is 1. The number of nitrogens with zero attached hydrogens (tertiary/aromatic N) is 2. The molecule has 1 aromatic rings. The summed E-state index contributed by atoms with van der Waals surface area (Å²) < 4.78 is 0. The van der Waals surface area contributed by atoms with Crippen molar-refractivity contribution in [1.29, 1.82) is 5.26 Å². The van der Waals surface area contributed by atoms with Crippen LogP contribution in [0.25, 0.3) is 0 Å². The first kappa shape index (κ1) is 10.5. The second kappa shape index (κ2) is 4.63. The highest BCUT2D eigenvalue weighted by atomic mass is 32.2. The van der Waals surface area contributed by atoms with E-state index in [0.29, 0.717) is 0 Å². The van der Waals surface area contributed by atoms with E-state index in [1.807, 2.05) is 0 Å². The number of nitriles is 1. The van der Waals surface area contributed by atoms with Crippen LogP contribution in [0.5, 0.6) is 0 Å². The maximum absolute atomic E-state index is 10.4. The van der Waals surface area contributed by atoms with Crippen LogP contribution in [0.4, 0.5) is 5.69 Å². The normalized spacial score (nSPS) is 11.7. The van der Waals surface area contributed by atoms with Crippen molar-refractivity contribution in [1.82, 2.24) is 0 Å². The van der Waals surface area contributed by atoms with Gasteiger partial charge in [-0.3, -0.25) is 10.1 Å². The summed E-state index contributed by atoms with van der Waals surface area (Å²) in [6, 6.07) is 8.33. The van der Waals surface area contributed by atoms with E-state index in [1.165, 1.54) is 23.9 Å². The van der Waals surface area contributed by atoms with Crippen LogP contribution in [-0.4, -0.2) is 10.2 Å². The Kier molecular flexibility index (Phi) is 3.48. The molecule has 4 nitrogen and oxygen atoms in total. The summed E-state index contributed by atoms with van der Waals surface area (Å²) in [5.74, 6) is 0. The molecule has 0 N–H and O–H groups in total. The number of rotatable bonds is 3. The van der Waals surface area contributed by atoms with Crippen molar-refractivity contribution in [3.8, 4) is 6.07 Å². The molecule has 1 atom stereocenters. The molecule has 1 rings (SSSR count). The number of thioether (sulfide) groups is 1. The van der Waals surface area contributed by atoms with Gasteiger partial charge in [0.1, 0.15) is 0 Å². The third-order valence-corrected chi connectivity index (χ3v) is 2.51. The molecule has 5 heteroatoms. The molecule has 1 unspecified atom stereocenters. The van der Waals surface area contributed by atoms with Crippen LogP contribution in [0.3, 0.4) is 0 Å². The largest absolute Gasteiger partial charge is 0.270 e. The summed E-state index contributed by atoms with van der Waals surface area (Å²) in [5, 5.41) is 18.8. The first-order valence-electron chi connectivity index (χ1n) is 3.94. The van der Waals surface area contributed by atoms with Gasteiger partial charge in [-0.15, -0.1) is 11.8 Å². The smallest absolute Gasteiger partial charge is 0.258 e. The third-order valence-electron chi connectivity index (χ3n) is 1.52. The highest BCUT2D eigenvalue weighted by Gasteiger charge is 2.08. The minimum absolute atomic E-state index is 0.0557. The summed E-state index contributed by atoms with van der Waals surface area (Å²) in [5.41, 5.74) is 0.0557. The number of nitro benzene ring substituents is 1. The number of hydrogen-bond acceptors (Lipinski definition) is 4. The standard InChI is InChI=1S/C9H8N2O2S/c1-7(6-10)14-9-4-2-3-8(5-9)11(12)13/h2-5,7H,1H3. The maximum Gasteiger partial charge on any atom is 0.270 e. The van der Waals surface area contributed by atoms with Gasteiger partial charge < -0.3 is 0 Å². The summed E-state index contributed by atoms with van der Waals surface area (Å²) in [6.45, 7) is 1.75. The molecule has 0 saturated carbocycles. The molecule has 0 bridgehead atoms. The van der Waals surface area contributed by atoms with Gasteiger partial charge in [0.05, 0.1) is 16.2 Å². The Labute approximate surface area is 85.7 Å². The van der Waals surface area contributed by atoms with E-state index >= 15 is 0 Å². The Bertz CT molecular complexity index is 387. The van der Waals surface area contributed by atoms with Crippen LogP contribution in [-0.2, 0) is 0 Å². The molecule has 0 amide bonds. The second-order valence-electron chi connectivity index (χ2n) is 2.64. The van der Waals surface area contributed by atoms with E-state index in [9.17, 15) is 10.1 Å². The molecular weight excluding hydrogens is 200 g/mol. The highest BCUT2D eigenvalue weighted by Crippen LogP contribution is 2.25. The summed E-state index contributed by atoms with van der Waals surface area (Å²) in [7, 11) is 0. The highest BCUT2D eigenvalue weighted by molar-refractivity contribution is 8.00.